The number of halogens is 1. The van der Waals surface area contributed by atoms with E-state index in [2.05, 4.69) is 15.6 Å². The van der Waals surface area contributed by atoms with Crippen LogP contribution in [0, 0.1) is 5.82 Å². The predicted octanol–water partition coefficient (Wildman–Crippen LogP) is 3.90. The lowest BCUT2D eigenvalue weighted by atomic mass is 10.2. The number of nitrogens with one attached hydrogen (secondary N) is 2. The third-order valence-corrected chi connectivity index (χ3v) is 4.66. The van der Waals surface area contributed by atoms with Gasteiger partial charge in [0.15, 0.2) is 0 Å². The molecule has 0 saturated heterocycles. The van der Waals surface area contributed by atoms with Crippen LogP contribution in [0.5, 0.6) is 11.6 Å². The van der Waals surface area contributed by atoms with Gasteiger partial charge >= 0.3 is 0 Å². The summed E-state index contributed by atoms with van der Waals surface area (Å²) in [4.78, 5) is 27.9. The van der Waals surface area contributed by atoms with Gasteiger partial charge in [-0.15, -0.1) is 0 Å². The molecule has 6 nitrogen and oxygen atoms in total. The van der Waals surface area contributed by atoms with Gasteiger partial charge in [0.25, 0.3) is 5.91 Å². The number of thiophene rings is 1. The Bertz CT molecular complexity index is 929. The highest BCUT2D eigenvalue weighted by Crippen LogP contribution is 2.19. The van der Waals surface area contributed by atoms with Gasteiger partial charge in [-0.2, -0.15) is 11.3 Å². The average molecular weight is 413 g/mol. The van der Waals surface area contributed by atoms with Crippen LogP contribution in [0.25, 0.3) is 0 Å². The Kier molecular flexibility index (Phi) is 7.29. The van der Waals surface area contributed by atoms with E-state index >= 15 is 0 Å². The molecule has 2 heterocycles. The first-order valence-corrected chi connectivity index (χ1v) is 10.00. The highest BCUT2D eigenvalue weighted by atomic mass is 32.1. The van der Waals surface area contributed by atoms with Crippen LogP contribution < -0.4 is 15.4 Å². The summed E-state index contributed by atoms with van der Waals surface area (Å²) < 4.78 is 18.4. The number of carbonyl (C=O) groups is 2. The molecule has 0 saturated carbocycles. The maximum absolute atomic E-state index is 12.9. The van der Waals surface area contributed by atoms with Crippen LogP contribution in [0.3, 0.4) is 0 Å². The zero-order chi connectivity index (χ0) is 20.5. The lowest BCUT2D eigenvalue weighted by Crippen LogP contribution is -2.27. The second-order valence-corrected chi connectivity index (χ2v) is 6.99. The fourth-order valence-electron chi connectivity index (χ4n) is 2.43. The van der Waals surface area contributed by atoms with Crippen molar-refractivity contribution in [2.24, 2.45) is 0 Å². The minimum Gasteiger partial charge on any atom is -0.439 e. The number of benzene rings is 1. The number of amides is 2. The van der Waals surface area contributed by atoms with E-state index in [-0.39, 0.29) is 17.6 Å². The van der Waals surface area contributed by atoms with Crippen LogP contribution in [-0.2, 0) is 11.3 Å². The summed E-state index contributed by atoms with van der Waals surface area (Å²) in [5.41, 5.74) is 1.47. The van der Waals surface area contributed by atoms with Crippen molar-refractivity contribution >= 4 is 23.2 Å². The van der Waals surface area contributed by atoms with Crippen LogP contribution in [0.2, 0.25) is 0 Å². The smallest absolute Gasteiger partial charge is 0.252 e. The molecule has 0 atom stereocenters. The Hall–Kier alpha value is -3.26. The molecular weight excluding hydrogens is 393 g/mol. The maximum Gasteiger partial charge on any atom is 0.252 e. The zero-order valence-electron chi connectivity index (χ0n) is 15.6. The van der Waals surface area contributed by atoms with E-state index in [1.807, 2.05) is 5.38 Å². The summed E-state index contributed by atoms with van der Waals surface area (Å²) in [6.45, 7) is 0.795. The molecule has 0 aliphatic carbocycles. The molecule has 2 N–H and O–H groups in total. The second-order valence-electron chi connectivity index (χ2n) is 6.21. The Morgan fingerprint density at radius 2 is 1.90 bits per heavy atom. The molecule has 0 radical (unpaired) electrons. The van der Waals surface area contributed by atoms with E-state index in [0.29, 0.717) is 43.1 Å². The molecule has 3 aromatic rings. The molecule has 1 aromatic carbocycles. The monoisotopic (exact) mass is 413 g/mol. The van der Waals surface area contributed by atoms with E-state index in [9.17, 15) is 14.0 Å². The number of hydrogen-bond acceptors (Lipinski definition) is 5. The standard InChI is InChI=1S/C21H20FN3O3S/c22-17-4-6-18(7-5-17)28-20-8-3-15(13-25-20)12-24-19(26)2-1-10-23-21(27)16-9-11-29-14-16/h3-9,11,13-14H,1-2,10,12H2,(H,23,27)(H,24,26). The lowest BCUT2D eigenvalue weighted by molar-refractivity contribution is -0.121. The summed E-state index contributed by atoms with van der Waals surface area (Å²) in [7, 11) is 0. The van der Waals surface area contributed by atoms with Crippen LogP contribution >= 0.6 is 11.3 Å². The number of hydrogen-bond donors (Lipinski definition) is 2. The van der Waals surface area contributed by atoms with Crippen LogP contribution in [0.4, 0.5) is 4.39 Å². The Morgan fingerprint density at radius 3 is 2.59 bits per heavy atom. The molecule has 0 bridgehead atoms. The maximum atomic E-state index is 12.9. The Balaban J connectivity index is 1.34. The van der Waals surface area contributed by atoms with Crippen LogP contribution in [-0.4, -0.2) is 23.3 Å². The van der Waals surface area contributed by atoms with Crippen molar-refractivity contribution < 1.29 is 18.7 Å². The van der Waals surface area contributed by atoms with Crippen molar-refractivity contribution in [2.45, 2.75) is 19.4 Å². The molecule has 2 amide bonds. The quantitative estimate of drug-likeness (QED) is 0.522. The summed E-state index contributed by atoms with van der Waals surface area (Å²) in [6.07, 6.45) is 2.49. The van der Waals surface area contributed by atoms with E-state index in [4.69, 9.17) is 4.74 Å². The molecule has 0 spiro atoms. The first kappa shape index (κ1) is 20.5. The van der Waals surface area contributed by atoms with Crippen LogP contribution in [0.15, 0.2) is 59.4 Å². The predicted molar refractivity (Wildman–Crippen MR) is 108 cm³/mol. The Morgan fingerprint density at radius 1 is 1.07 bits per heavy atom. The molecule has 0 aliphatic rings. The number of nitrogens with zero attached hydrogens (tertiary/aromatic N) is 1. The third kappa shape index (κ3) is 6.69. The van der Waals surface area contributed by atoms with Gasteiger partial charge in [0.05, 0.1) is 0 Å². The lowest BCUT2D eigenvalue weighted by Gasteiger charge is -2.08. The molecule has 150 valence electrons. The van der Waals surface area contributed by atoms with Gasteiger partial charge < -0.3 is 15.4 Å². The van der Waals surface area contributed by atoms with Crippen molar-refractivity contribution in [1.82, 2.24) is 15.6 Å². The largest absolute Gasteiger partial charge is 0.439 e. The summed E-state index contributed by atoms with van der Waals surface area (Å²) in [6, 6.07) is 10.9. The highest BCUT2D eigenvalue weighted by Gasteiger charge is 2.06. The SMILES string of the molecule is O=C(CCCNC(=O)c1ccsc1)NCc1ccc(Oc2ccc(F)cc2)nc1. The molecule has 0 unspecified atom stereocenters. The highest BCUT2D eigenvalue weighted by molar-refractivity contribution is 7.08. The van der Waals surface area contributed by atoms with E-state index < -0.39 is 0 Å². The van der Waals surface area contributed by atoms with Gasteiger partial charge in [-0.3, -0.25) is 9.59 Å². The fourth-order valence-corrected chi connectivity index (χ4v) is 3.07. The third-order valence-electron chi connectivity index (χ3n) is 3.97. The summed E-state index contributed by atoms with van der Waals surface area (Å²) >= 11 is 1.47. The minimum absolute atomic E-state index is 0.0959. The number of carbonyl (C=O) groups excluding carboxylic acids is 2. The van der Waals surface area contributed by atoms with Gasteiger partial charge in [-0.25, -0.2) is 9.37 Å². The first-order valence-electron chi connectivity index (χ1n) is 9.05. The van der Waals surface area contributed by atoms with E-state index in [1.165, 1.54) is 35.6 Å². The molecule has 8 heteroatoms. The summed E-state index contributed by atoms with van der Waals surface area (Å²) in [5.74, 6) is 0.322. The molecule has 3 rings (SSSR count). The zero-order valence-corrected chi connectivity index (χ0v) is 16.4. The van der Waals surface area contributed by atoms with Gasteiger partial charge in [0.1, 0.15) is 11.6 Å². The number of pyridine rings is 1. The fraction of sp³-hybridized carbons (Fsp3) is 0.190. The minimum atomic E-state index is -0.332. The van der Waals surface area contributed by atoms with Gasteiger partial charge in [0.2, 0.25) is 11.8 Å². The van der Waals surface area contributed by atoms with Crippen molar-refractivity contribution in [3.63, 3.8) is 0 Å². The van der Waals surface area contributed by atoms with E-state index in [1.54, 1.807) is 29.8 Å². The molecule has 0 fully saturated rings. The van der Waals surface area contributed by atoms with Gasteiger partial charge in [0, 0.05) is 42.7 Å². The topological polar surface area (TPSA) is 80.3 Å². The number of ether oxygens (including phenoxy) is 1. The van der Waals surface area contributed by atoms with Crippen LogP contribution in [0.1, 0.15) is 28.8 Å². The summed E-state index contributed by atoms with van der Waals surface area (Å²) in [5, 5.41) is 9.23. The van der Waals surface area contributed by atoms with Crippen molar-refractivity contribution in [3.8, 4) is 11.6 Å². The van der Waals surface area contributed by atoms with Gasteiger partial charge in [-0.05, 0) is 47.7 Å². The second kappa shape index (κ2) is 10.3. The molecule has 0 aliphatic heterocycles. The molecular formula is C21H20FN3O3S. The number of aromatic nitrogens is 1. The normalized spacial score (nSPS) is 10.4. The average Bonchev–Trinajstić information content (AvgIpc) is 3.27. The number of rotatable bonds is 9. The first-order chi connectivity index (χ1) is 14.1. The van der Waals surface area contributed by atoms with Crippen molar-refractivity contribution in [2.75, 3.05) is 6.54 Å². The molecule has 29 heavy (non-hydrogen) atoms. The van der Waals surface area contributed by atoms with Crippen molar-refractivity contribution in [3.05, 3.63) is 76.4 Å². The Labute approximate surface area is 171 Å². The van der Waals surface area contributed by atoms with Gasteiger partial charge in [-0.1, -0.05) is 6.07 Å². The molecule has 2 aromatic heterocycles. The van der Waals surface area contributed by atoms with E-state index in [0.717, 1.165) is 5.56 Å². The van der Waals surface area contributed by atoms with Crippen molar-refractivity contribution in [1.29, 1.82) is 0 Å².